The summed E-state index contributed by atoms with van der Waals surface area (Å²) in [6.45, 7) is 5.76. The van der Waals surface area contributed by atoms with Crippen LogP contribution in [0.5, 0.6) is 0 Å². The van der Waals surface area contributed by atoms with Crippen LogP contribution in [0.1, 0.15) is 329 Å². The summed E-state index contributed by atoms with van der Waals surface area (Å²) in [6, 6.07) is -1.03. The molecule has 1 heterocycles. The standard InChI is InChI=1S/C79H139NO10/c1-4-7-10-13-16-19-22-25-27-29-31-33-35-37-39-41-43-45-47-49-52-55-58-61-64-67-74(84)90-77-76(86)75(85)73(68-81)89-79(77)88-69-70(71(82)65-62-59-56-53-50-24-21-18-15-12-9-6-3)80-78(87)72(83)66-63-60-57-54-51-48-46-44-42-40-38-36-34-32-30-28-26-23-20-17-14-11-8-5-2/h16-17,19-20,25-28,31-34,38,40,62,65,70-73,75-77,79,81-83,85-86H,4-15,18,21-24,29-30,35-37,39,41-61,63-64,66-69H2,1-3H3,(H,80,87)/b19-16-,20-17-,27-25-,28-26-,33-31-,34-32-,40-38-,65-62+. The highest BCUT2D eigenvalue weighted by Gasteiger charge is 2.47. The van der Waals surface area contributed by atoms with Crippen molar-refractivity contribution in [1.82, 2.24) is 5.32 Å². The quantitative estimate of drug-likeness (QED) is 0.0195. The molecule has 1 saturated heterocycles. The van der Waals surface area contributed by atoms with Crippen LogP contribution in [0, 0.1) is 0 Å². The number of unbranched alkanes of at least 4 members (excludes halogenated alkanes) is 36. The molecule has 90 heavy (non-hydrogen) atoms. The number of ether oxygens (including phenoxy) is 3. The van der Waals surface area contributed by atoms with Crippen molar-refractivity contribution in [2.24, 2.45) is 0 Å². The third-order valence-corrected chi connectivity index (χ3v) is 17.2. The maximum absolute atomic E-state index is 13.5. The van der Waals surface area contributed by atoms with Crippen LogP contribution < -0.4 is 5.32 Å². The van der Waals surface area contributed by atoms with Crippen molar-refractivity contribution < 1.29 is 49.3 Å². The molecule has 8 unspecified atom stereocenters. The molecule has 0 aromatic heterocycles. The summed E-state index contributed by atoms with van der Waals surface area (Å²) < 4.78 is 17.7. The molecule has 1 aliphatic heterocycles. The van der Waals surface area contributed by atoms with E-state index < -0.39 is 67.4 Å². The number of hydrogen-bond donors (Lipinski definition) is 6. The summed E-state index contributed by atoms with van der Waals surface area (Å²) in [5.74, 6) is -1.20. The van der Waals surface area contributed by atoms with Crippen molar-refractivity contribution in [3.8, 4) is 0 Å². The second kappa shape index (κ2) is 65.6. The normalized spacial score (nSPS) is 18.6. The lowest BCUT2D eigenvalue weighted by Crippen LogP contribution is -2.61. The van der Waals surface area contributed by atoms with Gasteiger partial charge >= 0.3 is 5.97 Å². The molecule has 1 rings (SSSR count). The second-order valence-electron chi connectivity index (χ2n) is 25.7. The summed E-state index contributed by atoms with van der Waals surface area (Å²) in [7, 11) is 0. The molecular weight excluding hydrogens is 1120 g/mol. The zero-order chi connectivity index (χ0) is 65.3. The van der Waals surface area contributed by atoms with Gasteiger partial charge in [-0.05, 0) is 109 Å². The Kier molecular flexibility index (Phi) is 61.7. The number of aliphatic hydroxyl groups is 5. The molecule has 6 N–H and O–H groups in total. The number of aliphatic hydroxyl groups excluding tert-OH is 5. The number of rotatable bonds is 64. The predicted molar refractivity (Wildman–Crippen MR) is 379 cm³/mol. The summed E-state index contributed by atoms with van der Waals surface area (Å²) in [5.41, 5.74) is 0. The summed E-state index contributed by atoms with van der Waals surface area (Å²) >= 11 is 0. The number of amides is 1. The SMILES string of the molecule is CCCCC/C=C\C/C=C\C/C=C\C/C=C\CCCCCCCCCCC(O)C(=O)NC(COC1OC(CO)C(O)C(O)C1OC(=O)CCCCCCCCCCCCCC/C=C\C/C=C\C/C=C\CCCCC)C(O)/C=C/CCCCCCCCCCCC. The van der Waals surface area contributed by atoms with Gasteiger partial charge in [-0.2, -0.15) is 0 Å². The van der Waals surface area contributed by atoms with Gasteiger partial charge in [0, 0.05) is 6.42 Å². The van der Waals surface area contributed by atoms with E-state index in [9.17, 15) is 35.1 Å². The van der Waals surface area contributed by atoms with E-state index >= 15 is 0 Å². The number of hydrogen-bond acceptors (Lipinski definition) is 10. The third-order valence-electron chi connectivity index (χ3n) is 17.2. The van der Waals surface area contributed by atoms with Gasteiger partial charge in [-0.15, -0.1) is 0 Å². The summed E-state index contributed by atoms with van der Waals surface area (Å²) in [5, 5.41) is 57.3. The lowest BCUT2D eigenvalue weighted by atomic mass is 9.99. The molecule has 11 heteroatoms. The smallest absolute Gasteiger partial charge is 0.306 e. The molecule has 8 atom stereocenters. The number of nitrogens with one attached hydrogen (secondary N) is 1. The maximum Gasteiger partial charge on any atom is 0.306 e. The summed E-state index contributed by atoms with van der Waals surface area (Å²) in [6.07, 6.45) is 78.7. The average molecular weight is 1260 g/mol. The maximum atomic E-state index is 13.5. The Morgan fingerprint density at radius 1 is 0.433 bits per heavy atom. The average Bonchev–Trinajstić information content (AvgIpc) is 2.18. The van der Waals surface area contributed by atoms with Crippen molar-refractivity contribution in [2.45, 2.75) is 378 Å². The highest BCUT2D eigenvalue weighted by molar-refractivity contribution is 5.80. The molecule has 0 radical (unpaired) electrons. The van der Waals surface area contributed by atoms with Crippen LogP contribution in [0.15, 0.2) is 97.2 Å². The zero-order valence-electron chi connectivity index (χ0n) is 58.0. The molecule has 1 fully saturated rings. The number of carbonyl (C=O) groups excluding carboxylic acids is 2. The van der Waals surface area contributed by atoms with Gasteiger partial charge in [0.1, 0.15) is 24.4 Å². The van der Waals surface area contributed by atoms with Crippen molar-refractivity contribution in [2.75, 3.05) is 13.2 Å². The van der Waals surface area contributed by atoms with E-state index in [0.29, 0.717) is 12.8 Å². The van der Waals surface area contributed by atoms with Gasteiger partial charge in [0.15, 0.2) is 12.4 Å². The monoisotopic (exact) mass is 1260 g/mol. The Labute approximate surface area is 552 Å². The number of allylic oxidation sites excluding steroid dienone is 15. The Bertz CT molecular complexity index is 1840. The lowest BCUT2D eigenvalue weighted by Gasteiger charge is -2.41. The predicted octanol–water partition coefficient (Wildman–Crippen LogP) is 19.8. The molecule has 0 aromatic rings. The van der Waals surface area contributed by atoms with E-state index in [1.54, 1.807) is 6.08 Å². The topological polar surface area (TPSA) is 175 Å². The third kappa shape index (κ3) is 52.0. The van der Waals surface area contributed by atoms with E-state index in [1.165, 1.54) is 186 Å². The van der Waals surface area contributed by atoms with Crippen LogP contribution in [-0.2, 0) is 23.8 Å². The van der Waals surface area contributed by atoms with Crippen LogP contribution in [0.3, 0.4) is 0 Å². The zero-order valence-corrected chi connectivity index (χ0v) is 58.0. The van der Waals surface area contributed by atoms with Gasteiger partial charge in [-0.25, -0.2) is 0 Å². The van der Waals surface area contributed by atoms with Gasteiger partial charge in [0.05, 0.1) is 25.4 Å². The van der Waals surface area contributed by atoms with Crippen LogP contribution in [0.4, 0.5) is 0 Å². The van der Waals surface area contributed by atoms with Crippen molar-refractivity contribution >= 4 is 11.9 Å². The molecule has 1 amide bonds. The Balaban J connectivity index is 2.55. The molecule has 0 aliphatic carbocycles. The first-order valence-corrected chi connectivity index (χ1v) is 37.5. The summed E-state index contributed by atoms with van der Waals surface area (Å²) in [4.78, 5) is 26.7. The largest absolute Gasteiger partial charge is 0.454 e. The van der Waals surface area contributed by atoms with Gasteiger partial charge in [0.2, 0.25) is 5.91 Å². The second-order valence-corrected chi connectivity index (χ2v) is 25.7. The van der Waals surface area contributed by atoms with Crippen molar-refractivity contribution in [3.05, 3.63) is 97.2 Å². The van der Waals surface area contributed by atoms with Crippen molar-refractivity contribution in [3.63, 3.8) is 0 Å². The molecule has 0 aromatic carbocycles. The fraction of sp³-hybridized carbons (Fsp3) is 0.772. The minimum atomic E-state index is -1.62. The Hall–Kier alpha value is -3.42. The first kappa shape index (κ1) is 84.6. The molecular formula is C79H139NO10. The van der Waals surface area contributed by atoms with Gasteiger partial charge in [-0.1, -0.05) is 311 Å². The van der Waals surface area contributed by atoms with Gasteiger partial charge in [-0.3, -0.25) is 9.59 Å². The van der Waals surface area contributed by atoms with E-state index in [2.05, 4.69) is 111 Å². The van der Waals surface area contributed by atoms with Crippen LogP contribution in [0.25, 0.3) is 0 Å². The van der Waals surface area contributed by atoms with E-state index in [1.807, 2.05) is 6.08 Å². The van der Waals surface area contributed by atoms with Crippen LogP contribution >= 0.6 is 0 Å². The van der Waals surface area contributed by atoms with E-state index in [0.717, 1.165) is 96.3 Å². The molecule has 0 bridgehead atoms. The highest BCUT2D eigenvalue weighted by Crippen LogP contribution is 2.26. The van der Waals surface area contributed by atoms with Crippen LogP contribution in [0.2, 0.25) is 0 Å². The minimum Gasteiger partial charge on any atom is -0.454 e. The fourth-order valence-electron chi connectivity index (χ4n) is 11.3. The number of esters is 1. The van der Waals surface area contributed by atoms with E-state index in [4.69, 9.17) is 14.2 Å². The Morgan fingerprint density at radius 3 is 1.17 bits per heavy atom. The molecule has 0 saturated carbocycles. The minimum absolute atomic E-state index is 0.117. The first-order chi connectivity index (χ1) is 44.2. The molecule has 1 aliphatic rings. The molecule has 520 valence electrons. The van der Waals surface area contributed by atoms with Crippen LogP contribution in [-0.4, -0.2) is 99.6 Å². The molecule has 0 spiro atoms. The molecule has 11 nitrogen and oxygen atoms in total. The number of carbonyl (C=O) groups is 2. The van der Waals surface area contributed by atoms with E-state index in [-0.39, 0.29) is 19.4 Å². The van der Waals surface area contributed by atoms with Crippen molar-refractivity contribution in [1.29, 1.82) is 0 Å². The lowest BCUT2D eigenvalue weighted by molar-refractivity contribution is -0.305. The highest BCUT2D eigenvalue weighted by atomic mass is 16.7. The fourth-order valence-corrected chi connectivity index (χ4v) is 11.3. The Morgan fingerprint density at radius 2 is 0.767 bits per heavy atom. The van der Waals surface area contributed by atoms with Gasteiger partial charge in [0.25, 0.3) is 0 Å². The first-order valence-electron chi connectivity index (χ1n) is 37.5. The van der Waals surface area contributed by atoms with Gasteiger partial charge < -0.3 is 45.1 Å².